The largest absolute Gasteiger partial charge is 0.378 e. The maximum Gasteiger partial charge on any atom is 0.220 e. The molecule has 19 heavy (non-hydrogen) atoms. The average Bonchev–Trinajstić information content (AvgIpc) is 2.98. The number of rotatable bonds is 6. The number of carbonyl (C=O) groups excluding carboxylic acids is 1. The van der Waals surface area contributed by atoms with Gasteiger partial charge in [0.2, 0.25) is 5.91 Å². The summed E-state index contributed by atoms with van der Waals surface area (Å²) in [5, 5.41) is 3.07. The number of ether oxygens (including phenoxy) is 1. The molecule has 0 unspecified atom stereocenters. The third-order valence-electron chi connectivity index (χ3n) is 3.43. The molecule has 2 atom stereocenters. The van der Waals surface area contributed by atoms with Crippen molar-refractivity contribution >= 4 is 17.2 Å². The lowest BCUT2D eigenvalue weighted by molar-refractivity contribution is -0.122. The highest BCUT2D eigenvalue weighted by Crippen LogP contribution is 2.18. The molecule has 2 heterocycles. The lowest BCUT2D eigenvalue weighted by Crippen LogP contribution is -2.34. The minimum absolute atomic E-state index is 0.149. The van der Waals surface area contributed by atoms with E-state index in [0.29, 0.717) is 12.5 Å². The predicted octanol–water partition coefficient (Wildman–Crippen LogP) is 3.06. The highest BCUT2D eigenvalue weighted by molar-refractivity contribution is 7.11. The van der Waals surface area contributed by atoms with Crippen molar-refractivity contribution in [2.24, 2.45) is 0 Å². The van der Waals surface area contributed by atoms with Crippen molar-refractivity contribution in [2.75, 3.05) is 6.61 Å². The molecule has 2 rings (SSSR count). The molecular weight excluding hydrogens is 258 g/mol. The Hall–Kier alpha value is -0.870. The SMILES string of the molecule is Cc1ccc(C[C@@H](C)NC(=O)CC[C@H]2CCCO2)s1. The van der Waals surface area contributed by atoms with Crippen molar-refractivity contribution in [1.29, 1.82) is 0 Å². The molecule has 1 saturated heterocycles. The molecule has 0 aliphatic carbocycles. The molecule has 1 fully saturated rings. The van der Waals surface area contributed by atoms with Crippen LogP contribution in [0.5, 0.6) is 0 Å². The first-order chi connectivity index (χ1) is 9.13. The summed E-state index contributed by atoms with van der Waals surface area (Å²) in [4.78, 5) is 14.5. The van der Waals surface area contributed by atoms with E-state index in [-0.39, 0.29) is 11.9 Å². The first kappa shape index (κ1) is 14.5. The summed E-state index contributed by atoms with van der Waals surface area (Å²) in [7, 11) is 0. The second kappa shape index (κ2) is 7.06. The van der Waals surface area contributed by atoms with Crippen LogP contribution in [-0.4, -0.2) is 24.7 Å². The maximum atomic E-state index is 11.8. The van der Waals surface area contributed by atoms with Crippen molar-refractivity contribution in [3.63, 3.8) is 0 Å². The topological polar surface area (TPSA) is 38.3 Å². The van der Waals surface area contributed by atoms with Gasteiger partial charge in [-0.25, -0.2) is 0 Å². The van der Waals surface area contributed by atoms with Gasteiger partial charge < -0.3 is 10.1 Å². The normalized spacial score (nSPS) is 20.4. The van der Waals surface area contributed by atoms with Gasteiger partial charge in [0.15, 0.2) is 0 Å². The highest BCUT2D eigenvalue weighted by Gasteiger charge is 2.17. The molecule has 1 N–H and O–H groups in total. The Morgan fingerprint density at radius 3 is 3.05 bits per heavy atom. The van der Waals surface area contributed by atoms with Gasteiger partial charge in [-0.15, -0.1) is 11.3 Å². The molecule has 0 spiro atoms. The Kier molecular flexibility index (Phi) is 5.40. The van der Waals surface area contributed by atoms with Gasteiger partial charge >= 0.3 is 0 Å². The summed E-state index contributed by atoms with van der Waals surface area (Å²) in [6.45, 7) is 5.04. The lowest BCUT2D eigenvalue weighted by Gasteiger charge is -2.14. The molecule has 0 radical (unpaired) electrons. The van der Waals surface area contributed by atoms with Crippen LogP contribution in [0.15, 0.2) is 12.1 Å². The van der Waals surface area contributed by atoms with E-state index in [0.717, 1.165) is 32.3 Å². The van der Waals surface area contributed by atoms with Gasteiger partial charge in [0.05, 0.1) is 6.10 Å². The van der Waals surface area contributed by atoms with E-state index in [1.807, 2.05) is 0 Å². The summed E-state index contributed by atoms with van der Waals surface area (Å²) in [6, 6.07) is 4.48. The van der Waals surface area contributed by atoms with E-state index in [9.17, 15) is 4.79 Å². The number of hydrogen-bond acceptors (Lipinski definition) is 3. The molecule has 1 aliphatic heterocycles. The fourth-order valence-corrected chi connectivity index (χ4v) is 3.48. The monoisotopic (exact) mass is 281 g/mol. The lowest BCUT2D eigenvalue weighted by atomic mass is 10.1. The Morgan fingerprint density at radius 1 is 1.58 bits per heavy atom. The summed E-state index contributed by atoms with van der Waals surface area (Å²) < 4.78 is 5.53. The van der Waals surface area contributed by atoms with Gasteiger partial charge in [0, 0.05) is 35.2 Å². The summed E-state index contributed by atoms with van der Waals surface area (Å²) in [5.74, 6) is 0.149. The standard InChI is InChI=1S/C15H23NO2S/c1-11(10-14-7-5-12(2)19-14)16-15(17)8-6-13-4-3-9-18-13/h5,7,11,13H,3-4,6,8-10H2,1-2H3,(H,16,17)/t11-,13-/m1/s1. The Morgan fingerprint density at radius 2 is 2.42 bits per heavy atom. The van der Waals surface area contributed by atoms with E-state index in [1.54, 1.807) is 11.3 Å². The van der Waals surface area contributed by atoms with Gasteiger partial charge in [-0.3, -0.25) is 4.79 Å². The summed E-state index contributed by atoms with van der Waals surface area (Å²) in [6.07, 6.45) is 4.91. The van der Waals surface area contributed by atoms with Gasteiger partial charge in [0.25, 0.3) is 0 Å². The van der Waals surface area contributed by atoms with Gasteiger partial charge in [0.1, 0.15) is 0 Å². The van der Waals surface area contributed by atoms with E-state index in [2.05, 4.69) is 31.3 Å². The second-order valence-electron chi connectivity index (χ2n) is 5.36. The number of aryl methyl sites for hydroxylation is 1. The number of carbonyl (C=O) groups is 1. The van der Waals surface area contributed by atoms with Crippen LogP contribution in [0.25, 0.3) is 0 Å². The van der Waals surface area contributed by atoms with Crippen LogP contribution in [0.3, 0.4) is 0 Å². The van der Waals surface area contributed by atoms with Gasteiger partial charge in [-0.2, -0.15) is 0 Å². The van der Waals surface area contributed by atoms with E-state index in [4.69, 9.17) is 4.74 Å². The minimum atomic E-state index is 0.149. The van der Waals surface area contributed by atoms with Crippen molar-refractivity contribution in [3.05, 3.63) is 21.9 Å². The molecule has 1 aliphatic rings. The number of hydrogen-bond donors (Lipinski definition) is 1. The molecule has 0 bridgehead atoms. The third kappa shape index (κ3) is 4.96. The Balaban J connectivity index is 1.66. The maximum absolute atomic E-state index is 11.8. The first-order valence-corrected chi connectivity index (χ1v) is 7.91. The Labute approximate surface area is 119 Å². The van der Waals surface area contributed by atoms with Gasteiger partial charge in [-0.1, -0.05) is 0 Å². The Bertz CT molecular complexity index is 410. The first-order valence-electron chi connectivity index (χ1n) is 7.10. The number of amides is 1. The molecule has 106 valence electrons. The smallest absolute Gasteiger partial charge is 0.220 e. The molecule has 0 aromatic carbocycles. The number of thiophene rings is 1. The zero-order valence-electron chi connectivity index (χ0n) is 11.8. The molecule has 1 aromatic heterocycles. The second-order valence-corrected chi connectivity index (χ2v) is 6.73. The van der Waals surface area contributed by atoms with Crippen LogP contribution in [0.4, 0.5) is 0 Å². The predicted molar refractivity (Wildman–Crippen MR) is 78.6 cm³/mol. The van der Waals surface area contributed by atoms with Crippen LogP contribution in [-0.2, 0) is 16.0 Å². The minimum Gasteiger partial charge on any atom is -0.378 e. The molecule has 3 nitrogen and oxygen atoms in total. The van der Waals surface area contributed by atoms with Crippen LogP contribution >= 0.6 is 11.3 Å². The summed E-state index contributed by atoms with van der Waals surface area (Å²) in [5.41, 5.74) is 0. The average molecular weight is 281 g/mol. The van der Waals surface area contributed by atoms with Crippen molar-refractivity contribution in [2.45, 2.75) is 58.1 Å². The van der Waals surface area contributed by atoms with Crippen molar-refractivity contribution in [3.8, 4) is 0 Å². The molecule has 4 heteroatoms. The van der Waals surface area contributed by atoms with E-state index < -0.39 is 0 Å². The third-order valence-corrected chi connectivity index (χ3v) is 4.45. The molecule has 1 aromatic rings. The van der Waals surface area contributed by atoms with Crippen LogP contribution < -0.4 is 5.32 Å². The number of nitrogens with one attached hydrogen (secondary N) is 1. The fourth-order valence-electron chi connectivity index (χ4n) is 2.46. The van der Waals surface area contributed by atoms with Crippen molar-refractivity contribution in [1.82, 2.24) is 5.32 Å². The van der Waals surface area contributed by atoms with Crippen molar-refractivity contribution < 1.29 is 9.53 Å². The zero-order chi connectivity index (χ0) is 13.7. The molecule has 0 saturated carbocycles. The van der Waals surface area contributed by atoms with Crippen LogP contribution in [0.1, 0.15) is 42.4 Å². The quantitative estimate of drug-likeness (QED) is 0.870. The summed E-state index contributed by atoms with van der Waals surface area (Å²) >= 11 is 1.81. The fraction of sp³-hybridized carbons (Fsp3) is 0.667. The van der Waals surface area contributed by atoms with Crippen LogP contribution in [0.2, 0.25) is 0 Å². The van der Waals surface area contributed by atoms with E-state index >= 15 is 0 Å². The van der Waals surface area contributed by atoms with E-state index in [1.165, 1.54) is 9.75 Å². The van der Waals surface area contributed by atoms with Crippen LogP contribution in [0, 0.1) is 6.92 Å². The highest BCUT2D eigenvalue weighted by atomic mass is 32.1. The molecular formula is C15H23NO2S. The molecule has 1 amide bonds. The zero-order valence-corrected chi connectivity index (χ0v) is 12.6. The van der Waals surface area contributed by atoms with Gasteiger partial charge in [-0.05, 0) is 45.2 Å².